The van der Waals surface area contributed by atoms with Gasteiger partial charge in [-0.25, -0.2) is 0 Å². The average Bonchev–Trinajstić information content (AvgIpc) is 1.71. The minimum absolute atomic E-state index is 0.0172. The van der Waals surface area contributed by atoms with Crippen LogP contribution in [0.5, 0.6) is 5.75 Å². The number of carbonyl (C=O) groups is 13. The van der Waals surface area contributed by atoms with Gasteiger partial charge in [-0.3, -0.25) is 67.3 Å². The van der Waals surface area contributed by atoms with E-state index in [4.69, 9.17) is 22.9 Å². The minimum atomic E-state index is -1.41. The fourth-order valence-corrected chi connectivity index (χ4v) is 14.4. The Morgan fingerprint density at radius 1 is 0.642 bits per heavy atom. The number of hydrogen-bond donors (Lipinski definition) is 15. The van der Waals surface area contributed by atoms with E-state index >= 15 is 4.79 Å². The van der Waals surface area contributed by atoms with Crippen LogP contribution in [0, 0.1) is 0 Å². The molecule has 13 amide bonds. The number of nitrogens with zero attached hydrogens (tertiary/aromatic N) is 4. The summed E-state index contributed by atoms with van der Waals surface area (Å²) in [6.45, 7) is -0.878. The Bertz CT molecular complexity index is 3200. The van der Waals surface area contributed by atoms with Gasteiger partial charge in [-0.1, -0.05) is 30.3 Å². The second-order valence-electron chi connectivity index (χ2n) is 23.7. The van der Waals surface area contributed by atoms with Crippen LogP contribution >= 0.6 is 35.3 Å². The maximum absolute atomic E-state index is 15.3. The van der Waals surface area contributed by atoms with E-state index in [0.29, 0.717) is 41.5 Å². The summed E-state index contributed by atoms with van der Waals surface area (Å²) in [6.07, 6.45) is 1.74. The van der Waals surface area contributed by atoms with Crippen LogP contribution in [0.2, 0.25) is 0 Å². The number of fused-ring (bicyclic) bond motifs is 8. The predicted octanol–water partition coefficient (Wildman–Crippen LogP) is -5.53. The number of nitrogens with two attached hydrogens (primary N) is 4. The maximum Gasteiger partial charge on any atom is 0.246 e. The van der Waals surface area contributed by atoms with Crippen LogP contribution in [0.4, 0.5) is 0 Å². The first-order valence-corrected chi connectivity index (χ1v) is 34.7. The second-order valence-corrected chi connectivity index (χ2v) is 26.7. The van der Waals surface area contributed by atoms with Gasteiger partial charge in [0.1, 0.15) is 66.2 Å². The van der Waals surface area contributed by atoms with E-state index in [2.05, 4.69) is 52.8 Å². The number of benzene rings is 2. The molecule has 10 atom stereocenters. The lowest BCUT2D eigenvalue weighted by Gasteiger charge is -2.34. The fraction of sp³-hybridized carbons (Fsp3) is 0.567. The number of amides is 13. The van der Waals surface area contributed by atoms with Crippen LogP contribution in [-0.2, 0) is 86.0 Å². The molecule has 0 unspecified atom stereocenters. The smallest absolute Gasteiger partial charge is 0.246 e. The average molecular weight is 1380 g/mol. The monoisotopic (exact) mass is 1380 g/mol. The molecule has 3 fully saturated rings. The predicted molar refractivity (Wildman–Crippen MR) is 351 cm³/mol. The number of aliphatic imine (C=N–C) groups is 1. The molecule has 95 heavy (non-hydrogen) atoms. The molecule has 19 N–H and O–H groups in total. The summed E-state index contributed by atoms with van der Waals surface area (Å²) in [5.41, 5.74) is 24.9. The van der Waals surface area contributed by atoms with Crippen LogP contribution in [0.25, 0.3) is 0 Å². The summed E-state index contributed by atoms with van der Waals surface area (Å²) in [5, 5.41) is 43.2. The molecule has 0 radical (unpaired) electrons. The number of thioether (sulfide) groups is 3. The SMILES string of the molecule is C[C@@H]1NC(=O)[C@@H]2CCCN2C(=O)[C@@H]2CCCN2C(=O)[C@@H]2CSCc3cc(cc(c3)CSC[C@H](NC(=O)[C@@H](N)CO)C(=O)NCC(=O)NCC(=O)N[C@@H](CCCN=C(N)N)C(=O)N3CCC[C@H]3C(=O)N2)CSC[C@@H](C(=O)NCC(N)=O)NC(=O)[C@H](Cc2ccc(O)cc2)NC1=O. The Morgan fingerprint density at radius 2 is 1.21 bits per heavy atom. The van der Waals surface area contributed by atoms with Crippen molar-refractivity contribution in [2.24, 2.45) is 27.9 Å². The van der Waals surface area contributed by atoms with Gasteiger partial charge in [0, 0.05) is 67.1 Å². The lowest BCUT2D eigenvalue weighted by molar-refractivity contribution is -0.148. The highest BCUT2D eigenvalue weighted by molar-refractivity contribution is 7.99. The van der Waals surface area contributed by atoms with Gasteiger partial charge in [-0.05, 0) is 92.7 Å². The maximum atomic E-state index is 15.3. The van der Waals surface area contributed by atoms with Crippen molar-refractivity contribution in [1.82, 2.24) is 62.6 Å². The molecule has 32 nitrogen and oxygen atoms in total. The zero-order valence-corrected chi connectivity index (χ0v) is 55.1. The first-order chi connectivity index (χ1) is 45.4. The van der Waals surface area contributed by atoms with Crippen molar-refractivity contribution < 1.29 is 72.5 Å². The van der Waals surface area contributed by atoms with E-state index in [1.54, 1.807) is 0 Å². The molecule has 4 bridgehead atoms. The largest absolute Gasteiger partial charge is 0.508 e. The Balaban J connectivity index is 1.28. The van der Waals surface area contributed by atoms with Crippen molar-refractivity contribution in [3.63, 3.8) is 0 Å². The fourth-order valence-electron chi connectivity index (χ4n) is 11.5. The van der Waals surface area contributed by atoms with Gasteiger partial charge in [0.2, 0.25) is 76.8 Å². The van der Waals surface area contributed by atoms with Crippen molar-refractivity contribution in [2.45, 2.75) is 142 Å². The van der Waals surface area contributed by atoms with Gasteiger partial charge in [0.15, 0.2) is 5.96 Å². The van der Waals surface area contributed by atoms with E-state index < -0.39 is 163 Å². The summed E-state index contributed by atoms with van der Waals surface area (Å²) in [5.74, 6) is -9.80. The van der Waals surface area contributed by atoms with E-state index in [1.807, 2.05) is 18.2 Å². The molecule has 5 heterocycles. The number of hydrogen-bond acceptors (Lipinski definition) is 20. The van der Waals surface area contributed by atoms with Crippen molar-refractivity contribution in [2.75, 3.05) is 69.7 Å². The number of carbonyl (C=O) groups excluding carboxylic acids is 13. The van der Waals surface area contributed by atoms with E-state index in [-0.39, 0.29) is 111 Å². The number of rotatable bonds is 12. The number of nitrogens with one attached hydrogen (secondary N) is 9. The summed E-state index contributed by atoms with van der Waals surface area (Å²) < 4.78 is 0. The zero-order valence-electron chi connectivity index (χ0n) is 52.6. The number of aromatic hydroxyl groups is 1. The van der Waals surface area contributed by atoms with Crippen LogP contribution in [0.1, 0.15) is 80.5 Å². The van der Waals surface area contributed by atoms with E-state index in [1.165, 1.54) is 81.2 Å². The summed E-state index contributed by atoms with van der Waals surface area (Å²) in [4.78, 5) is 190. The number of guanidine groups is 1. The molecule has 2 aromatic carbocycles. The molecule has 518 valence electrons. The number of phenolic OH excluding ortho intramolecular Hbond substituents is 1. The van der Waals surface area contributed by atoms with Gasteiger partial charge in [-0.2, -0.15) is 35.3 Å². The third kappa shape index (κ3) is 21.8. The third-order valence-electron chi connectivity index (χ3n) is 16.3. The standard InChI is InChI=1S/C60H85N17O15S3/c1-32-50(83)71-40(21-33-10-12-37(79)13-11-33)54(87)73-42(52(85)67-22-47(62)80)30-94-27-35-18-34-19-36(20-35)28-95-31-43(58(91)77-17-5-9-46(77)59(92)76-16-4-7-44(76)55(88)69-32)74-56(89)45-8-3-15-75(45)57(90)39(6-2-14-65-60(63)64)70-49(82)24-66-48(81)23-68-53(86)41(29-93-26-34)72-51(84)38(61)25-78/h10-13,18-20,32,38-46,78-79H,2-9,14-17,21-31,61H2,1H3,(H2,62,80)(H,66,81)(H,67,85)(H,68,86)(H,69,88)(H,70,82)(H,71,83)(H,72,84)(H,73,87)(H,74,89)(H4,63,64,65)/t32-,38-,39-,40-,41-,42-,43-,44-,45-,46-/m0/s1. The highest BCUT2D eigenvalue weighted by Crippen LogP contribution is 2.29. The lowest BCUT2D eigenvalue weighted by Crippen LogP contribution is -2.60. The molecule has 5 aliphatic rings. The zero-order chi connectivity index (χ0) is 68.9. The molecular formula is C60H85N17O15S3. The molecule has 5 aliphatic heterocycles. The van der Waals surface area contributed by atoms with E-state index in [9.17, 15) is 67.7 Å². The molecule has 0 spiro atoms. The Hall–Kier alpha value is -8.41. The van der Waals surface area contributed by atoms with Gasteiger partial charge in [0.25, 0.3) is 0 Å². The Labute approximate surface area is 561 Å². The normalized spacial score (nSPS) is 25.7. The highest BCUT2D eigenvalue weighted by Gasteiger charge is 2.46. The molecular weight excluding hydrogens is 1290 g/mol. The summed E-state index contributed by atoms with van der Waals surface area (Å²) in [6, 6.07) is -1.24. The van der Waals surface area contributed by atoms with Gasteiger partial charge >= 0.3 is 0 Å². The molecule has 0 aliphatic carbocycles. The molecule has 0 saturated carbocycles. The first-order valence-electron chi connectivity index (χ1n) is 31.3. The molecule has 3 saturated heterocycles. The van der Waals surface area contributed by atoms with Crippen molar-refractivity contribution in [3.05, 3.63) is 64.7 Å². The molecule has 35 heteroatoms. The summed E-state index contributed by atoms with van der Waals surface area (Å²) in [7, 11) is 0. The third-order valence-corrected chi connectivity index (χ3v) is 19.6. The summed E-state index contributed by atoms with van der Waals surface area (Å²) >= 11 is 3.67. The lowest BCUT2D eigenvalue weighted by atomic mass is 10.0. The topological polar surface area (TPSA) is 497 Å². The number of aliphatic hydroxyl groups is 1. The number of primary amides is 1. The van der Waals surface area contributed by atoms with Crippen LogP contribution in [0.15, 0.2) is 47.5 Å². The number of aliphatic hydroxyl groups excluding tert-OH is 1. The second kappa shape index (κ2) is 35.9. The quantitative estimate of drug-likeness (QED) is 0.0535. The van der Waals surface area contributed by atoms with E-state index in [0.717, 1.165) is 0 Å². The van der Waals surface area contributed by atoms with Crippen molar-refractivity contribution in [3.8, 4) is 5.75 Å². The Kier molecular flexibility index (Phi) is 28.0. The van der Waals surface area contributed by atoms with Crippen LogP contribution < -0.4 is 70.8 Å². The number of phenols is 1. The molecule has 2 aromatic rings. The van der Waals surface area contributed by atoms with Crippen LogP contribution in [0.3, 0.4) is 0 Å². The van der Waals surface area contributed by atoms with Gasteiger partial charge in [0.05, 0.1) is 26.2 Å². The van der Waals surface area contributed by atoms with Crippen LogP contribution in [-0.4, -0.2) is 238 Å². The van der Waals surface area contributed by atoms with Crippen molar-refractivity contribution in [1.29, 1.82) is 0 Å². The van der Waals surface area contributed by atoms with Gasteiger partial charge in [-0.15, -0.1) is 0 Å². The Morgan fingerprint density at radius 3 is 1.82 bits per heavy atom. The van der Waals surface area contributed by atoms with Crippen molar-refractivity contribution >= 4 is 118 Å². The van der Waals surface area contributed by atoms with Gasteiger partial charge < -0.3 is 95.7 Å². The molecule has 0 aromatic heterocycles. The minimum Gasteiger partial charge on any atom is -0.508 e. The first kappa shape index (κ1) is 74.0. The highest BCUT2D eigenvalue weighted by atomic mass is 32.2. The molecule has 7 rings (SSSR count).